The van der Waals surface area contributed by atoms with Crippen LogP contribution in [0, 0.1) is 0 Å². The normalized spacial score (nSPS) is 29.7. The summed E-state index contributed by atoms with van der Waals surface area (Å²) in [6.45, 7) is 2.53. The van der Waals surface area contributed by atoms with E-state index in [1.54, 1.807) is 7.11 Å². The molecule has 1 N–H and O–H groups in total. The van der Waals surface area contributed by atoms with E-state index in [2.05, 4.69) is 26.8 Å². The van der Waals surface area contributed by atoms with Crippen molar-refractivity contribution in [1.82, 2.24) is 19.8 Å². The highest BCUT2D eigenvalue weighted by atomic mass is 16.5. The zero-order chi connectivity index (χ0) is 14.7. The number of piperidine rings is 2. The number of methoxy groups -OCH3 is 1. The summed E-state index contributed by atoms with van der Waals surface area (Å²) in [5, 5.41) is 3.43. The largest absolute Gasteiger partial charge is 0.383 e. The minimum Gasteiger partial charge on any atom is -0.383 e. The fraction of sp³-hybridized carbons (Fsp3) is 0.812. The first-order valence-corrected chi connectivity index (χ1v) is 8.22. The average molecular weight is 292 g/mol. The van der Waals surface area contributed by atoms with Crippen LogP contribution in [0.3, 0.4) is 0 Å². The minimum absolute atomic E-state index is 0.623. The molecule has 1 aromatic rings. The first-order chi connectivity index (χ1) is 10.3. The van der Waals surface area contributed by atoms with Crippen LogP contribution in [-0.4, -0.2) is 53.8 Å². The van der Waals surface area contributed by atoms with Gasteiger partial charge in [-0.2, -0.15) is 0 Å². The van der Waals surface area contributed by atoms with E-state index in [4.69, 9.17) is 4.74 Å². The summed E-state index contributed by atoms with van der Waals surface area (Å²) < 4.78 is 7.49. The van der Waals surface area contributed by atoms with Crippen LogP contribution in [0.25, 0.3) is 0 Å². The summed E-state index contributed by atoms with van der Waals surface area (Å²) in [5.74, 6) is 0. The van der Waals surface area contributed by atoms with Gasteiger partial charge in [0.25, 0.3) is 0 Å². The maximum Gasteiger partial charge on any atom is 0.0951 e. The molecule has 2 saturated heterocycles. The molecular formula is C16H28N4O. The molecule has 5 nitrogen and oxygen atoms in total. The third-order valence-electron chi connectivity index (χ3n) is 5.24. The van der Waals surface area contributed by atoms with Crippen molar-refractivity contribution in [3.8, 4) is 0 Å². The van der Waals surface area contributed by atoms with Gasteiger partial charge in [-0.05, 0) is 32.7 Å². The molecule has 1 aromatic heterocycles. The van der Waals surface area contributed by atoms with Crippen molar-refractivity contribution >= 4 is 0 Å². The maximum atomic E-state index is 5.08. The van der Waals surface area contributed by atoms with Gasteiger partial charge >= 0.3 is 0 Å². The van der Waals surface area contributed by atoms with Crippen LogP contribution in [0.15, 0.2) is 12.5 Å². The van der Waals surface area contributed by atoms with Gasteiger partial charge in [0.15, 0.2) is 0 Å². The van der Waals surface area contributed by atoms with Gasteiger partial charge < -0.3 is 19.5 Å². The highest BCUT2D eigenvalue weighted by molar-refractivity contribution is 5.03. The Balaban J connectivity index is 1.63. The number of ether oxygens (including phenoxy) is 1. The molecule has 2 unspecified atom stereocenters. The van der Waals surface area contributed by atoms with Crippen molar-refractivity contribution in [2.75, 3.05) is 27.3 Å². The monoisotopic (exact) mass is 292 g/mol. The van der Waals surface area contributed by atoms with E-state index in [0.717, 1.165) is 31.8 Å². The van der Waals surface area contributed by atoms with Crippen molar-refractivity contribution in [2.45, 2.75) is 56.8 Å². The van der Waals surface area contributed by atoms with E-state index in [1.165, 1.54) is 37.8 Å². The van der Waals surface area contributed by atoms with Crippen LogP contribution in [-0.2, 0) is 11.3 Å². The minimum atomic E-state index is 0.623. The molecule has 21 heavy (non-hydrogen) atoms. The Kier molecular flexibility index (Phi) is 4.93. The third-order valence-corrected chi connectivity index (χ3v) is 5.24. The second-order valence-electron chi connectivity index (χ2n) is 6.49. The number of nitrogens with zero attached hydrogens (tertiary/aromatic N) is 3. The molecular weight excluding hydrogens is 264 g/mol. The summed E-state index contributed by atoms with van der Waals surface area (Å²) in [7, 11) is 4.05. The Hall–Kier alpha value is -0.910. The Morgan fingerprint density at radius 2 is 2.05 bits per heavy atom. The zero-order valence-electron chi connectivity index (χ0n) is 13.3. The van der Waals surface area contributed by atoms with E-state index in [1.807, 2.05) is 12.5 Å². The first kappa shape index (κ1) is 15.0. The van der Waals surface area contributed by atoms with Crippen LogP contribution in [0.2, 0.25) is 0 Å². The number of imidazole rings is 1. The molecule has 0 radical (unpaired) electrons. The Morgan fingerprint density at radius 1 is 1.29 bits per heavy atom. The van der Waals surface area contributed by atoms with Crippen LogP contribution >= 0.6 is 0 Å². The van der Waals surface area contributed by atoms with Crippen LogP contribution < -0.4 is 5.32 Å². The summed E-state index contributed by atoms with van der Waals surface area (Å²) >= 11 is 0. The fourth-order valence-corrected chi connectivity index (χ4v) is 4.00. The number of fused-ring (bicyclic) bond motifs is 2. The first-order valence-electron chi connectivity index (χ1n) is 8.22. The maximum absolute atomic E-state index is 5.08. The number of aromatic nitrogens is 2. The molecule has 118 valence electrons. The summed E-state index contributed by atoms with van der Waals surface area (Å²) in [6.07, 6.45) is 10.7. The van der Waals surface area contributed by atoms with Gasteiger partial charge in [0.05, 0.1) is 18.6 Å². The summed E-state index contributed by atoms with van der Waals surface area (Å²) in [6, 6.07) is 2.15. The predicted molar refractivity (Wildman–Crippen MR) is 83.3 cm³/mol. The second-order valence-corrected chi connectivity index (χ2v) is 6.49. The molecule has 2 bridgehead atoms. The topological polar surface area (TPSA) is 42.3 Å². The highest BCUT2D eigenvalue weighted by Crippen LogP contribution is 2.38. The van der Waals surface area contributed by atoms with E-state index < -0.39 is 0 Å². The molecule has 2 aliphatic heterocycles. The third kappa shape index (κ3) is 3.30. The standard InChI is InChI=1S/C16H28N4O/c1-19-13-4-3-5-14(19)9-15(8-13)20-12-18-11-16(20)10-17-6-7-21-2/h11-15,17H,3-10H2,1-2H3. The van der Waals surface area contributed by atoms with Crippen molar-refractivity contribution in [3.05, 3.63) is 18.2 Å². The van der Waals surface area contributed by atoms with E-state index >= 15 is 0 Å². The van der Waals surface area contributed by atoms with E-state index in [0.29, 0.717) is 6.04 Å². The van der Waals surface area contributed by atoms with Crippen LogP contribution in [0.5, 0.6) is 0 Å². The molecule has 0 aliphatic carbocycles. The van der Waals surface area contributed by atoms with Crippen molar-refractivity contribution in [1.29, 1.82) is 0 Å². The summed E-state index contributed by atoms with van der Waals surface area (Å²) in [5.41, 5.74) is 1.30. The van der Waals surface area contributed by atoms with Gasteiger partial charge in [-0.3, -0.25) is 0 Å². The lowest BCUT2D eigenvalue weighted by molar-refractivity contribution is 0.0393. The molecule has 0 spiro atoms. The van der Waals surface area contributed by atoms with Crippen LogP contribution in [0.4, 0.5) is 0 Å². The van der Waals surface area contributed by atoms with Crippen molar-refractivity contribution < 1.29 is 4.74 Å². The molecule has 0 saturated carbocycles. The van der Waals surface area contributed by atoms with Gasteiger partial charge in [-0.1, -0.05) is 6.42 Å². The van der Waals surface area contributed by atoms with Crippen molar-refractivity contribution in [2.24, 2.45) is 0 Å². The van der Waals surface area contributed by atoms with E-state index in [-0.39, 0.29) is 0 Å². The van der Waals surface area contributed by atoms with Gasteiger partial charge in [0.2, 0.25) is 0 Å². The van der Waals surface area contributed by atoms with Gasteiger partial charge in [0, 0.05) is 44.5 Å². The van der Waals surface area contributed by atoms with Crippen LogP contribution in [0.1, 0.15) is 43.8 Å². The number of hydrogen-bond donors (Lipinski definition) is 1. The quantitative estimate of drug-likeness (QED) is 0.812. The molecule has 3 rings (SSSR count). The zero-order valence-corrected chi connectivity index (χ0v) is 13.3. The highest BCUT2D eigenvalue weighted by Gasteiger charge is 2.36. The number of rotatable bonds is 6. The number of hydrogen-bond acceptors (Lipinski definition) is 4. The SMILES string of the molecule is COCCNCc1cncn1C1CC2CCCC(C1)N2C. The van der Waals surface area contributed by atoms with Gasteiger partial charge in [-0.25, -0.2) is 4.98 Å². The molecule has 3 heterocycles. The molecule has 2 aliphatic rings. The van der Waals surface area contributed by atoms with Crippen molar-refractivity contribution in [3.63, 3.8) is 0 Å². The predicted octanol–water partition coefficient (Wildman–Crippen LogP) is 1.81. The van der Waals surface area contributed by atoms with E-state index in [9.17, 15) is 0 Å². The Morgan fingerprint density at radius 3 is 2.76 bits per heavy atom. The average Bonchev–Trinajstić information content (AvgIpc) is 2.92. The summed E-state index contributed by atoms with van der Waals surface area (Å²) in [4.78, 5) is 7.01. The molecule has 2 fully saturated rings. The number of nitrogens with one attached hydrogen (secondary N) is 1. The molecule has 2 atom stereocenters. The fourth-order valence-electron chi connectivity index (χ4n) is 4.00. The second kappa shape index (κ2) is 6.90. The smallest absolute Gasteiger partial charge is 0.0951 e. The lowest BCUT2D eigenvalue weighted by Gasteiger charge is -2.47. The molecule has 0 amide bonds. The lowest BCUT2D eigenvalue weighted by Crippen LogP contribution is -2.50. The lowest BCUT2D eigenvalue weighted by atomic mass is 9.82. The Labute approximate surface area is 127 Å². The molecule has 0 aromatic carbocycles. The Bertz CT molecular complexity index is 433. The van der Waals surface area contributed by atoms with Gasteiger partial charge in [-0.15, -0.1) is 0 Å². The van der Waals surface area contributed by atoms with Gasteiger partial charge in [0.1, 0.15) is 0 Å². The molecule has 5 heteroatoms.